The molecular weight excluding hydrogens is 168 g/mol. The first kappa shape index (κ1) is 10.7. The highest BCUT2D eigenvalue weighted by molar-refractivity contribution is 4.77. The van der Waals surface area contributed by atoms with Crippen molar-refractivity contribution in [1.29, 1.82) is 0 Å². The summed E-state index contributed by atoms with van der Waals surface area (Å²) >= 11 is 0. The van der Waals surface area contributed by atoms with Crippen molar-refractivity contribution in [3.05, 3.63) is 12.2 Å². The Bertz CT molecular complexity index is 175. The molecule has 3 heteroatoms. The van der Waals surface area contributed by atoms with Gasteiger partial charge in [0.25, 0.3) is 0 Å². The summed E-state index contributed by atoms with van der Waals surface area (Å²) in [6.07, 6.45) is 4.02. The van der Waals surface area contributed by atoms with Crippen LogP contribution >= 0.6 is 0 Å². The van der Waals surface area contributed by atoms with E-state index in [-0.39, 0.29) is 6.10 Å². The average molecular weight is 186 g/mol. The van der Waals surface area contributed by atoms with Crippen LogP contribution in [0.5, 0.6) is 0 Å². The minimum Gasteiger partial charge on any atom is -0.375 e. The molecule has 0 aromatic heterocycles. The van der Waals surface area contributed by atoms with E-state index in [0.29, 0.717) is 19.8 Å². The van der Waals surface area contributed by atoms with Crippen LogP contribution in [0.15, 0.2) is 12.2 Å². The fourth-order valence-corrected chi connectivity index (χ4v) is 1.21. The molecule has 1 heterocycles. The van der Waals surface area contributed by atoms with Crippen molar-refractivity contribution >= 4 is 0 Å². The molecule has 0 aromatic carbocycles. The van der Waals surface area contributed by atoms with E-state index in [1.807, 2.05) is 32.9 Å². The molecule has 1 rings (SSSR count). The van der Waals surface area contributed by atoms with Gasteiger partial charge in [0.2, 0.25) is 0 Å². The van der Waals surface area contributed by atoms with E-state index < -0.39 is 5.79 Å². The maximum absolute atomic E-state index is 5.56. The molecule has 0 spiro atoms. The van der Waals surface area contributed by atoms with Crippen molar-refractivity contribution in [3.63, 3.8) is 0 Å². The predicted molar refractivity (Wildman–Crippen MR) is 50.5 cm³/mol. The van der Waals surface area contributed by atoms with Gasteiger partial charge in [-0.15, -0.1) is 0 Å². The zero-order valence-electron chi connectivity index (χ0n) is 8.58. The van der Waals surface area contributed by atoms with E-state index in [1.54, 1.807) is 0 Å². The molecule has 1 saturated heterocycles. The molecular formula is C10H18O3. The van der Waals surface area contributed by atoms with Gasteiger partial charge in [0.05, 0.1) is 19.8 Å². The first-order valence-corrected chi connectivity index (χ1v) is 4.65. The lowest BCUT2D eigenvalue weighted by molar-refractivity contribution is -0.144. The number of hydrogen-bond acceptors (Lipinski definition) is 3. The Labute approximate surface area is 79.7 Å². The van der Waals surface area contributed by atoms with Crippen LogP contribution < -0.4 is 0 Å². The lowest BCUT2D eigenvalue weighted by atomic mass is 10.4. The highest BCUT2D eigenvalue weighted by atomic mass is 16.7. The Morgan fingerprint density at radius 2 is 2.31 bits per heavy atom. The number of ether oxygens (including phenoxy) is 3. The Kier molecular flexibility index (Phi) is 3.90. The second-order valence-electron chi connectivity index (χ2n) is 3.56. The summed E-state index contributed by atoms with van der Waals surface area (Å²) in [6.45, 7) is 7.69. The third kappa shape index (κ3) is 3.89. The van der Waals surface area contributed by atoms with Gasteiger partial charge in [0.1, 0.15) is 6.10 Å². The Balaban J connectivity index is 2.10. The smallest absolute Gasteiger partial charge is 0.163 e. The number of rotatable bonds is 4. The SMILES string of the molecule is CC=CCOCC1COC(C)(C)O1. The minimum absolute atomic E-state index is 0.0836. The molecule has 13 heavy (non-hydrogen) atoms. The van der Waals surface area contributed by atoms with Gasteiger partial charge >= 0.3 is 0 Å². The largest absolute Gasteiger partial charge is 0.375 e. The highest BCUT2D eigenvalue weighted by Gasteiger charge is 2.32. The Hall–Kier alpha value is -0.380. The van der Waals surface area contributed by atoms with Gasteiger partial charge < -0.3 is 14.2 Å². The van der Waals surface area contributed by atoms with E-state index in [2.05, 4.69) is 0 Å². The van der Waals surface area contributed by atoms with Crippen molar-refractivity contribution < 1.29 is 14.2 Å². The zero-order chi connectivity index (χ0) is 9.73. The second kappa shape index (κ2) is 4.74. The van der Waals surface area contributed by atoms with E-state index in [1.165, 1.54) is 0 Å². The minimum atomic E-state index is -0.436. The summed E-state index contributed by atoms with van der Waals surface area (Å²) < 4.78 is 16.3. The number of allylic oxidation sites excluding steroid dienone is 1. The van der Waals surface area contributed by atoms with E-state index >= 15 is 0 Å². The summed E-state index contributed by atoms with van der Waals surface area (Å²) in [6, 6.07) is 0. The Morgan fingerprint density at radius 3 is 2.85 bits per heavy atom. The lowest BCUT2D eigenvalue weighted by Gasteiger charge is -2.16. The average Bonchev–Trinajstić information content (AvgIpc) is 2.40. The van der Waals surface area contributed by atoms with Gasteiger partial charge in [0, 0.05) is 0 Å². The van der Waals surface area contributed by atoms with Crippen molar-refractivity contribution in [2.75, 3.05) is 19.8 Å². The standard InChI is InChI=1S/C10H18O3/c1-4-5-6-11-7-9-8-12-10(2,3)13-9/h4-5,9H,6-8H2,1-3H3. The van der Waals surface area contributed by atoms with Crippen LogP contribution in [-0.2, 0) is 14.2 Å². The van der Waals surface area contributed by atoms with Gasteiger partial charge in [-0.1, -0.05) is 12.2 Å². The van der Waals surface area contributed by atoms with Crippen LogP contribution in [0.25, 0.3) is 0 Å². The lowest BCUT2D eigenvalue weighted by Crippen LogP contribution is -2.24. The van der Waals surface area contributed by atoms with Crippen molar-refractivity contribution in [2.24, 2.45) is 0 Å². The molecule has 0 bridgehead atoms. The molecule has 76 valence electrons. The normalized spacial score (nSPS) is 27.2. The molecule has 0 saturated carbocycles. The van der Waals surface area contributed by atoms with E-state index in [0.717, 1.165) is 0 Å². The fourth-order valence-electron chi connectivity index (χ4n) is 1.21. The van der Waals surface area contributed by atoms with Gasteiger partial charge in [-0.3, -0.25) is 0 Å². The number of hydrogen-bond donors (Lipinski definition) is 0. The summed E-state index contributed by atoms with van der Waals surface area (Å²) in [5.41, 5.74) is 0. The maximum Gasteiger partial charge on any atom is 0.163 e. The molecule has 1 fully saturated rings. The Morgan fingerprint density at radius 1 is 1.54 bits per heavy atom. The van der Waals surface area contributed by atoms with Gasteiger partial charge in [-0.05, 0) is 20.8 Å². The third-order valence-corrected chi connectivity index (χ3v) is 1.82. The van der Waals surface area contributed by atoms with E-state index in [9.17, 15) is 0 Å². The maximum atomic E-state index is 5.56. The first-order chi connectivity index (χ1) is 6.14. The van der Waals surface area contributed by atoms with Crippen LogP contribution in [-0.4, -0.2) is 31.7 Å². The molecule has 0 aromatic rings. The quantitative estimate of drug-likeness (QED) is 0.494. The second-order valence-corrected chi connectivity index (χ2v) is 3.56. The summed E-state index contributed by atoms with van der Waals surface area (Å²) in [4.78, 5) is 0. The molecule has 0 amide bonds. The van der Waals surface area contributed by atoms with Crippen LogP contribution in [0, 0.1) is 0 Å². The van der Waals surface area contributed by atoms with Crippen LogP contribution in [0.4, 0.5) is 0 Å². The van der Waals surface area contributed by atoms with Crippen LogP contribution in [0.2, 0.25) is 0 Å². The van der Waals surface area contributed by atoms with E-state index in [4.69, 9.17) is 14.2 Å². The fraction of sp³-hybridized carbons (Fsp3) is 0.800. The highest BCUT2D eigenvalue weighted by Crippen LogP contribution is 2.22. The van der Waals surface area contributed by atoms with Crippen LogP contribution in [0.3, 0.4) is 0 Å². The first-order valence-electron chi connectivity index (χ1n) is 4.65. The van der Waals surface area contributed by atoms with Crippen molar-refractivity contribution in [2.45, 2.75) is 32.7 Å². The van der Waals surface area contributed by atoms with Gasteiger partial charge in [-0.25, -0.2) is 0 Å². The van der Waals surface area contributed by atoms with Gasteiger partial charge in [-0.2, -0.15) is 0 Å². The summed E-state index contributed by atoms with van der Waals surface area (Å²) in [5, 5.41) is 0. The summed E-state index contributed by atoms with van der Waals surface area (Å²) in [5.74, 6) is -0.436. The molecule has 0 N–H and O–H groups in total. The van der Waals surface area contributed by atoms with Gasteiger partial charge in [0.15, 0.2) is 5.79 Å². The molecule has 1 atom stereocenters. The molecule has 1 unspecified atom stereocenters. The molecule has 3 nitrogen and oxygen atoms in total. The van der Waals surface area contributed by atoms with Crippen LogP contribution in [0.1, 0.15) is 20.8 Å². The van der Waals surface area contributed by atoms with Crippen molar-refractivity contribution in [1.82, 2.24) is 0 Å². The third-order valence-electron chi connectivity index (χ3n) is 1.82. The molecule has 1 aliphatic rings. The monoisotopic (exact) mass is 186 g/mol. The molecule has 1 aliphatic heterocycles. The zero-order valence-corrected chi connectivity index (χ0v) is 8.58. The van der Waals surface area contributed by atoms with Crippen molar-refractivity contribution in [3.8, 4) is 0 Å². The summed E-state index contributed by atoms with van der Waals surface area (Å²) in [7, 11) is 0. The predicted octanol–water partition coefficient (Wildman–Crippen LogP) is 1.73. The molecule has 0 radical (unpaired) electrons. The molecule has 0 aliphatic carbocycles. The topological polar surface area (TPSA) is 27.7 Å².